The first-order valence-electron chi connectivity index (χ1n) is 4.34. The minimum Gasteiger partial charge on any atom is -0.497 e. The summed E-state index contributed by atoms with van der Waals surface area (Å²) in [5.74, 6) is 1.87. The fourth-order valence-electron chi connectivity index (χ4n) is 0.908. The largest absolute Gasteiger partial charge is 0.497 e. The van der Waals surface area contributed by atoms with E-state index in [0.29, 0.717) is 0 Å². The fourth-order valence-corrected chi connectivity index (χ4v) is 1.71. The number of benzene rings is 1. The van der Waals surface area contributed by atoms with Gasteiger partial charge in [-0.05, 0) is 30.8 Å². The first-order chi connectivity index (χ1) is 6.36. The lowest BCUT2D eigenvalue weighted by atomic mass is 10.3. The Hall–Kier alpha value is -0.670. The molecule has 0 aliphatic carbocycles. The summed E-state index contributed by atoms with van der Waals surface area (Å²) in [7, 11) is 1.68. The summed E-state index contributed by atoms with van der Waals surface area (Å²) in [6, 6.07) is 8.10. The Kier molecular flexibility index (Phi) is 4.72. The molecule has 0 atom stereocenters. The molecule has 0 aliphatic heterocycles. The number of nitrogens with one attached hydrogen (secondary N) is 1. The fraction of sp³-hybridized carbons (Fsp3) is 0.400. The van der Waals surface area contributed by atoms with E-state index in [2.05, 4.69) is 24.4 Å². The van der Waals surface area contributed by atoms with Crippen molar-refractivity contribution in [3.8, 4) is 5.75 Å². The summed E-state index contributed by atoms with van der Waals surface area (Å²) >= 11 is 1.80. The van der Waals surface area contributed by atoms with Crippen molar-refractivity contribution in [2.24, 2.45) is 0 Å². The highest BCUT2D eigenvalue weighted by Gasteiger charge is 1.93. The van der Waals surface area contributed by atoms with E-state index in [1.54, 1.807) is 18.9 Å². The molecule has 0 unspecified atom stereocenters. The van der Waals surface area contributed by atoms with Gasteiger partial charge in [0.25, 0.3) is 0 Å². The normalized spacial score (nSPS) is 10.0. The van der Waals surface area contributed by atoms with Gasteiger partial charge in [0.15, 0.2) is 0 Å². The van der Waals surface area contributed by atoms with Crippen LogP contribution in [0.5, 0.6) is 5.75 Å². The van der Waals surface area contributed by atoms with Gasteiger partial charge in [-0.2, -0.15) is 0 Å². The molecule has 13 heavy (non-hydrogen) atoms. The summed E-state index contributed by atoms with van der Waals surface area (Å²) in [4.78, 5) is 1.27. The highest BCUT2D eigenvalue weighted by molar-refractivity contribution is 7.99. The van der Waals surface area contributed by atoms with E-state index < -0.39 is 0 Å². The van der Waals surface area contributed by atoms with Crippen molar-refractivity contribution in [3.05, 3.63) is 24.3 Å². The Bertz CT molecular complexity index is 235. The van der Waals surface area contributed by atoms with Crippen molar-refractivity contribution in [2.45, 2.75) is 11.8 Å². The third-order valence-electron chi connectivity index (χ3n) is 1.65. The van der Waals surface area contributed by atoms with Gasteiger partial charge in [0.05, 0.1) is 7.11 Å². The predicted octanol–water partition coefficient (Wildman–Crippen LogP) is 2.35. The highest BCUT2D eigenvalue weighted by Crippen LogP contribution is 2.19. The van der Waals surface area contributed by atoms with Gasteiger partial charge in [-0.15, -0.1) is 11.8 Å². The lowest BCUT2D eigenvalue weighted by Crippen LogP contribution is -2.10. The van der Waals surface area contributed by atoms with Crippen LogP contribution in [0.25, 0.3) is 0 Å². The van der Waals surface area contributed by atoms with Crippen LogP contribution in [0, 0.1) is 0 Å². The molecule has 3 heteroatoms. The van der Waals surface area contributed by atoms with Gasteiger partial charge in [0.1, 0.15) is 5.75 Å². The second-order valence-electron chi connectivity index (χ2n) is 2.57. The number of rotatable bonds is 5. The third-order valence-corrected chi connectivity index (χ3v) is 2.60. The Morgan fingerprint density at radius 1 is 1.31 bits per heavy atom. The zero-order chi connectivity index (χ0) is 9.52. The first-order valence-corrected chi connectivity index (χ1v) is 5.33. The zero-order valence-corrected chi connectivity index (χ0v) is 8.86. The van der Waals surface area contributed by atoms with Crippen LogP contribution in [0.2, 0.25) is 0 Å². The molecule has 0 radical (unpaired) electrons. The third kappa shape index (κ3) is 3.70. The Balaban J connectivity index is 2.40. The molecule has 1 aromatic rings. The molecule has 0 saturated carbocycles. The standard InChI is InChI=1S/C10H15NOS/c1-3-11-8-13-10-6-4-9(12-2)5-7-10/h4-7,11H,3,8H2,1-2H3. The summed E-state index contributed by atoms with van der Waals surface area (Å²) in [6.45, 7) is 3.12. The molecular formula is C10H15NOS. The van der Waals surface area contributed by atoms with Crippen molar-refractivity contribution < 1.29 is 4.74 Å². The van der Waals surface area contributed by atoms with Gasteiger partial charge in [-0.1, -0.05) is 6.92 Å². The lowest BCUT2D eigenvalue weighted by Gasteiger charge is -2.03. The van der Waals surface area contributed by atoms with E-state index in [9.17, 15) is 0 Å². The zero-order valence-electron chi connectivity index (χ0n) is 8.04. The molecule has 0 aliphatic rings. The quantitative estimate of drug-likeness (QED) is 0.445. The topological polar surface area (TPSA) is 21.3 Å². The van der Waals surface area contributed by atoms with Crippen LogP contribution in [0.3, 0.4) is 0 Å². The molecule has 1 N–H and O–H groups in total. The monoisotopic (exact) mass is 197 g/mol. The molecule has 72 valence electrons. The second kappa shape index (κ2) is 5.89. The van der Waals surface area contributed by atoms with Crippen LogP contribution in [0.15, 0.2) is 29.2 Å². The number of hydrogen-bond acceptors (Lipinski definition) is 3. The number of methoxy groups -OCH3 is 1. The van der Waals surface area contributed by atoms with Crippen molar-refractivity contribution in [1.82, 2.24) is 5.32 Å². The van der Waals surface area contributed by atoms with Gasteiger partial charge in [0.2, 0.25) is 0 Å². The van der Waals surface area contributed by atoms with Gasteiger partial charge in [-0.3, -0.25) is 0 Å². The van der Waals surface area contributed by atoms with E-state index in [-0.39, 0.29) is 0 Å². The molecule has 0 aromatic heterocycles. The minimum absolute atomic E-state index is 0.910. The average Bonchev–Trinajstić information content (AvgIpc) is 2.19. The first kappa shape index (κ1) is 10.4. The van der Waals surface area contributed by atoms with Crippen LogP contribution in [-0.4, -0.2) is 19.5 Å². The van der Waals surface area contributed by atoms with Gasteiger partial charge >= 0.3 is 0 Å². The lowest BCUT2D eigenvalue weighted by molar-refractivity contribution is 0.414. The molecule has 0 bridgehead atoms. The molecule has 1 rings (SSSR count). The van der Waals surface area contributed by atoms with Gasteiger partial charge < -0.3 is 10.1 Å². The molecule has 2 nitrogen and oxygen atoms in total. The maximum atomic E-state index is 5.07. The van der Waals surface area contributed by atoms with Gasteiger partial charge in [-0.25, -0.2) is 0 Å². The van der Waals surface area contributed by atoms with E-state index in [0.717, 1.165) is 18.2 Å². The Morgan fingerprint density at radius 2 is 2.00 bits per heavy atom. The molecule has 0 spiro atoms. The van der Waals surface area contributed by atoms with E-state index in [4.69, 9.17) is 4.74 Å². The summed E-state index contributed by atoms with van der Waals surface area (Å²) in [5, 5.41) is 3.26. The maximum Gasteiger partial charge on any atom is 0.118 e. The van der Waals surface area contributed by atoms with Crippen LogP contribution >= 0.6 is 11.8 Å². The highest BCUT2D eigenvalue weighted by atomic mass is 32.2. The van der Waals surface area contributed by atoms with Crippen molar-refractivity contribution in [3.63, 3.8) is 0 Å². The van der Waals surface area contributed by atoms with E-state index in [1.165, 1.54) is 4.90 Å². The van der Waals surface area contributed by atoms with Crippen LogP contribution in [0.1, 0.15) is 6.92 Å². The number of thioether (sulfide) groups is 1. The molecule has 0 saturated heterocycles. The van der Waals surface area contributed by atoms with E-state index in [1.807, 2.05) is 12.1 Å². The van der Waals surface area contributed by atoms with Crippen LogP contribution in [0.4, 0.5) is 0 Å². The summed E-state index contributed by atoms with van der Waals surface area (Å²) in [6.07, 6.45) is 0. The van der Waals surface area contributed by atoms with Crippen molar-refractivity contribution in [1.29, 1.82) is 0 Å². The van der Waals surface area contributed by atoms with Crippen LogP contribution < -0.4 is 10.1 Å². The van der Waals surface area contributed by atoms with Crippen molar-refractivity contribution in [2.75, 3.05) is 19.5 Å². The Morgan fingerprint density at radius 3 is 2.54 bits per heavy atom. The molecule has 0 fully saturated rings. The van der Waals surface area contributed by atoms with Crippen LogP contribution in [-0.2, 0) is 0 Å². The SMILES string of the molecule is CCNCSc1ccc(OC)cc1. The maximum absolute atomic E-state index is 5.07. The van der Waals surface area contributed by atoms with Crippen molar-refractivity contribution >= 4 is 11.8 Å². The molecular weight excluding hydrogens is 182 g/mol. The van der Waals surface area contributed by atoms with E-state index >= 15 is 0 Å². The Labute approximate surface area is 83.7 Å². The minimum atomic E-state index is 0.910. The smallest absolute Gasteiger partial charge is 0.118 e. The average molecular weight is 197 g/mol. The number of ether oxygens (including phenoxy) is 1. The number of hydrogen-bond donors (Lipinski definition) is 1. The summed E-state index contributed by atoms with van der Waals surface area (Å²) < 4.78 is 5.07. The summed E-state index contributed by atoms with van der Waals surface area (Å²) in [5.41, 5.74) is 0. The second-order valence-corrected chi connectivity index (χ2v) is 3.62. The molecule has 0 heterocycles. The molecule has 0 amide bonds. The molecule has 1 aromatic carbocycles. The van der Waals surface area contributed by atoms with Gasteiger partial charge in [0, 0.05) is 10.8 Å². The predicted molar refractivity (Wildman–Crippen MR) is 57.4 cm³/mol.